The fourth-order valence-corrected chi connectivity index (χ4v) is 1.91. The first-order chi connectivity index (χ1) is 11.5. The molecule has 2 aromatic rings. The topological polar surface area (TPSA) is 97.8 Å². The van der Waals surface area contributed by atoms with E-state index in [0.29, 0.717) is 17.1 Å². The monoisotopic (exact) mass is 330 g/mol. The molecular formula is C17H18N2O5. The maximum atomic E-state index is 12.0. The van der Waals surface area contributed by atoms with Gasteiger partial charge in [-0.3, -0.25) is 9.59 Å². The summed E-state index contributed by atoms with van der Waals surface area (Å²) >= 11 is 0. The molecule has 0 unspecified atom stereocenters. The summed E-state index contributed by atoms with van der Waals surface area (Å²) in [7, 11) is 0. The molecule has 2 N–H and O–H groups in total. The number of pyridine rings is 1. The Bertz CT molecular complexity index is 731. The van der Waals surface area contributed by atoms with Crippen molar-refractivity contribution in [3.8, 4) is 17.2 Å². The number of nitrogens with zero attached hydrogens (tertiary/aromatic N) is 1. The van der Waals surface area contributed by atoms with Crippen molar-refractivity contribution in [3.05, 3.63) is 47.8 Å². The number of ether oxygens (including phenoxy) is 2. The van der Waals surface area contributed by atoms with E-state index in [4.69, 9.17) is 9.47 Å². The van der Waals surface area contributed by atoms with Gasteiger partial charge in [0.05, 0.1) is 12.8 Å². The molecule has 0 aliphatic carbocycles. The summed E-state index contributed by atoms with van der Waals surface area (Å²) < 4.78 is 10.3. The largest absolute Gasteiger partial charge is 0.505 e. The SMILES string of the molecule is CCOC(=O)CNC(=O)c1ncc(Oc2ccccc2)c(C)c1O. The smallest absolute Gasteiger partial charge is 0.325 e. The molecule has 7 nitrogen and oxygen atoms in total. The highest BCUT2D eigenvalue weighted by atomic mass is 16.5. The second-order valence-electron chi connectivity index (χ2n) is 4.85. The number of nitrogens with one attached hydrogen (secondary N) is 1. The van der Waals surface area contributed by atoms with E-state index in [1.54, 1.807) is 26.0 Å². The number of aromatic nitrogens is 1. The lowest BCUT2D eigenvalue weighted by Gasteiger charge is -2.12. The quantitative estimate of drug-likeness (QED) is 0.788. The van der Waals surface area contributed by atoms with E-state index in [-0.39, 0.29) is 24.6 Å². The van der Waals surface area contributed by atoms with E-state index in [1.165, 1.54) is 6.20 Å². The molecule has 0 spiro atoms. The van der Waals surface area contributed by atoms with Crippen LogP contribution in [-0.2, 0) is 9.53 Å². The number of amides is 1. The molecule has 24 heavy (non-hydrogen) atoms. The maximum Gasteiger partial charge on any atom is 0.325 e. The number of aromatic hydroxyl groups is 1. The molecule has 0 saturated heterocycles. The molecule has 1 aromatic carbocycles. The number of hydrogen-bond donors (Lipinski definition) is 2. The number of carbonyl (C=O) groups excluding carboxylic acids is 2. The fourth-order valence-electron chi connectivity index (χ4n) is 1.91. The van der Waals surface area contributed by atoms with Crippen LogP contribution in [0.2, 0.25) is 0 Å². The number of benzene rings is 1. The zero-order chi connectivity index (χ0) is 17.5. The summed E-state index contributed by atoms with van der Waals surface area (Å²) in [5.74, 6) is -0.618. The van der Waals surface area contributed by atoms with Crippen molar-refractivity contribution < 1.29 is 24.2 Å². The standard InChI is InChI=1S/C17H18N2O5/c1-3-23-14(20)10-19-17(22)15-16(21)11(2)13(9-18-15)24-12-7-5-4-6-8-12/h4-9,21H,3,10H2,1-2H3,(H,19,22). The van der Waals surface area contributed by atoms with Crippen LogP contribution >= 0.6 is 0 Å². The second-order valence-corrected chi connectivity index (χ2v) is 4.85. The predicted octanol–water partition coefficient (Wildman–Crippen LogP) is 2.18. The third kappa shape index (κ3) is 4.22. The minimum absolute atomic E-state index is 0.183. The summed E-state index contributed by atoms with van der Waals surface area (Å²) in [6, 6.07) is 9.00. The van der Waals surface area contributed by atoms with Crippen LogP contribution in [0.4, 0.5) is 0 Å². The molecule has 126 valence electrons. The predicted molar refractivity (Wildman–Crippen MR) is 86.1 cm³/mol. The Hall–Kier alpha value is -3.09. The van der Waals surface area contributed by atoms with Gasteiger partial charge in [-0.2, -0.15) is 0 Å². The number of rotatable bonds is 6. The van der Waals surface area contributed by atoms with Gasteiger partial charge in [-0.15, -0.1) is 0 Å². The van der Waals surface area contributed by atoms with Crippen molar-refractivity contribution in [2.24, 2.45) is 0 Å². The third-order valence-corrected chi connectivity index (χ3v) is 3.14. The van der Waals surface area contributed by atoms with E-state index >= 15 is 0 Å². The average molecular weight is 330 g/mol. The Kier molecular flexibility index (Phi) is 5.73. The van der Waals surface area contributed by atoms with Crippen LogP contribution < -0.4 is 10.1 Å². The number of esters is 1. The zero-order valence-electron chi connectivity index (χ0n) is 13.4. The van der Waals surface area contributed by atoms with Crippen LogP contribution in [0.5, 0.6) is 17.2 Å². The summed E-state index contributed by atoms with van der Waals surface area (Å²) in [5, 5.41) is 12.5. The van der Waals surface area contributed by atoms with E-state index < -0.39 is 11.9 Å². The molecule has 7 heteroatoms. The first-order valence-electron chi connectivity index (χ1n) is 7.38. The van der Waals surface area contributed by atoms with Crippen molar-refractivity contribution in [1.82, 2.24) is 10.3 Å². The molecule has 0 fully saturated rings. The third-order valence-electron chi connectivity index (χ3n) is 3.14. The first kappa shape index (κ1) is 17.3. The summed E-state index contributed by atoms with van der Waals surface area (Å²) in [6.07, 6.45) is 1.35. The molecule has 1 heterocycles. The lowest BCUT2D eigenvalue weighted by molar-refractivity contribution is -0.141. The fraction of sp³-hybridized carbons (Fsp3) is 0.235. The van der Waals surface area contributed by atoms with Gasteiger partial charge in [0.25, 0.3) is 5.91 Å². The molecule has 0 atom stereocenters. The second kappa shape index (κ2) is 7.96. The Morgan fingerprint density at radius 3 is 2.62 bits per heavy atom. The van der Waals surface area contributed by atoms with Gasteiger partial charge in [-0.05, 0) is 26.0 Å². The normalized spacial score (nSPS) is 10.1. The molecule has 0 saturated carbocycles. The van der Waals surface area contributed by atoms with Gasteiger partial charge < -0.3 is 19.9 Å². The minimum atomic E-state index is -0.671. The highest BCUT2D eigenvalue weighted by molar-refractivity contribution is 5.97. The number of para-hydroxylation sites is 1. The van der Waals surface area contributed by atoms with E-state index in [9.17, 15) is 14.7 Å². The number of hydrogen-bond acceptors (Lipinski definition) is 6. The van der Waals surface area contributed by atoms with E-state index in [2.05, 4.69) is 10.3 Å². The summed E-state index contributed by atoms with van der Waals surface area (Å²) in [5.41, 5.74) is 0.187. The van der Waals surface area contributed by atoms with Gasteiger partial charge in [0, 0.05) is 5.56 Å². The molecule has 2 rings (SSSR count). The van der Waals surface area contributed by atoms with Crippen LogP contribution in [0.3, 0.4) is 0 Å². The van der Waals surface area contributed by atoms with Gasteiger partial charge in [0.15, 0.2) is 17.2 Å². The van der Waals surface area contributed by atoms with Crippen LogP contribution in [0.1, 0.15) is 23.0 Å². The molecule has 0 radical (unpaired) electrons. The van der Waals surface area contributed by atoms with Gasteiger partial charge in [-0.25, -0.2) is 4.98 Å². The average Bonchev–Trinajstić information content (AvgIpc) is 2.58. The molecular weight excluding hydrogens is 312 g/mol. The van der Waals surface area contributed by atoms with Crippen LogP contribution in [0.15, 0.2) is 36.5 Å². The van der Waals surface area contributed by atoms with Crippen molar-refractivity contribution in [3.63, 3.8) is 0 Å². The molecule has 1 aromatic heterocycles. The molecule has 1 amide bonds. The summed E-state index contributed by atoms with van der Waals surface area (Å²) in [6.45, 7) is 3.21. The van der Waals surface area contributed by atoms with Crippen molar-refractivity contribution in [2.75, 3.05) is 13.2 Å². The summed E-state index contributed by atoms with van der Waals surface area (Å²) in [4.78, 5) is 27.2. The Balaban J connectivity index is 2.11. The van der Waals surface area contributed by atoms with Crippen LogP contribution in [-0.4, -0.2) is 35.1 Å². The van der Waals surface area contributed by atoms with E-state index in [1.807, 2.05) is 18.2 Å². The maximum absolute atomic E-state index is 12.0. The Labute approximate surface area is 139 Å². The van der Waals surface area contributed by atoms with Gasteiger partial charge in [0.1, 0.15) is 12.3 Å². The minimum Gasteiger partial charge on any atom is -0.505 e. The van der Waals surface area contributed by atoms with Gasteiger partial charge in [0.2, 0.25) is 0 Å². The lowest BCUT2D eigenvalue weighted by Crippen LogP contribution is -2.31. The Morgan fingerprint density at radius 1 is 1.25 bits per heavy atom. The van der Waals surface area contributed by atoms with Crippen LogP contribution in [0, 0.1) is 6.92 Å². The lowest BCUT2D eigenvalue weighted by atomic mass is 10.2. The highest BCUT2D eigenvalue weighted by Crippen LogP contribution is 2.31. The van der Waals surface area contributed by atoms with Gasteiger partial charge in [-0.1, -0.05) is 18.2 Å². The van der Waals surface area contributed by atoms with Crippen molar-refractivity contribution >= 4 is 11.9 Å². The molecule has 0 aliphatic heterocycles. The Morgan fingerprint density at radius 2 is 1.96 bits per heavy atom. The molecule has 0 bridgehead atoms. The number of carbonyl (C=O) groups is 2. The zero-order valence-corrected chi connectivity index (χ0v) is 13.4. The highest BCUT2D eigenvalue weighted by Gasteiger charge is 2.19. The van der Waals surface area contributed by atoms with Crippen LogP contribution in [0.25, 0.3) is 0 Å². The van der Waals surface area contributed by atoms with Crippen molar-refractivity contribution in [2.45, 2.75) is 13.8 Å². The first-order valence-corrected chi connectivity index (χ1v) is 7.38. The van der Waals surface area contributed by atoms with Crippen molar-refractivity contribution in [1.29, 1.82) is 0 Å². The van der Waals surface area contributed by atoms with Gasteiger partial charge >= 0.3 is 5.97 Å². The van der Waals surface area contributed by atoms with E-state index in [0.717, 1.165) is 0 Å². The molecule has 0 aliphatic rings.